The highest BCUT2D eigenvalue weighted by atomic mass is 16.5. The highest BCUT2D eigenvalue weighted by Gasteiger charge is 2.62. The van der Waals surface area contributed by atoms with E-state index in [9.17, 15) is 9.90 Å². The maximum atomic E-state index is 12.8. The van der Waals surface area contributed by atoms with E-state index in [1.54, 1.807) is 7.11 Å². The summed E-state index contributed by atoms with van der Waals surface area (Å²) in [6.07, 6.45) is 15.2. The highest BCUT2D eigenvalue weighted by molar-refractivity contribution is 5.80. The summed E-state index contributed by atoms with van der Waals surface area (Å²) in [4.78, 5) is 12.8. The van der Waals surface area contributed by atoms with Crippen LogP contribution in [0.2, 0.25) is 0 Å². The lowest BCUT2D eigenvalue weighted by atomic mass is 9.46. The summed E-state index contributed by atoms with van der Waals surface area (Å²) in [5.74, 6) is 3.47. The van der Waals surface area contributed by atoms with Gasteiger partial charge in [-0.2, -0.15) is 0 Å². The molecule has 4 aliphatic carbocycles. The Morgan fingerprint density at radius 1 is 1.13 bits per heavy atom. The SMILES string of the molecule is COC1CC[C@@]2(C(=O)O)C(=CC[C@@H]3[C@@H]2CC[C@]2(C)[C@@H]([C@H](C)CCCC(C)C)CC[C@@H]32)C1. The Labute approximate surface area is 190 Å². The third-order valence-electron chi connectivity index (χ3n) is 10.5. The predicted molar refractivity (Wildman–Crippen MR) is 126 cm³/mol. The zero-order chi connectivity index (χ0) is 22.4. The maximum Gasteiger partial charge on any atom is 0.314 e. The number of ether oxygens (including phenoxy) is 1. The Balaban J connectivity index is 1.55. The van der Waals surface area contributed by atoms with Crippen LogP contribution in [0.4, 0.5) is 0 Å². The van der Waals surface area contributed by atoms with Crippen molar-refractivity contribution in [2.24, 2.45) is 46.3 Å². The van der Waals surface area contributed by atoms with Crippen molar-refractivity contribution < 1.29 is 14.6 Å². The van der Waals surface area contributed by atoms with Gasteiger partial charge < -0.3 is 9.84 Å². The molecule has 0 aromatic rings. The number of allylic oxidation sites excluding steroid dienone is 1. The standard InChI is InChI=1S/C28H46O3/c1-18(2)7-6-8-19(3)23-11-12-24-22-10-9-20-17-21(31-5)13-16-28(20,26(29)30)25(22)14-15-27(23,24)4/h9,18-19,21-25H,6-8,10-17H2,1-5H3,(H,29,30)/t19-,21?,22+,23-,24+,25+,27-,28-/m1/s1. The lowest BCUT2D eigenvalue weighted by Gasteiger charge is -2.57. The number of fused-ring (bicyclic) bond motifs is 5. The second-order valence-electron chi connectivity index (χ2n) is 12.2. The minimum atomic E-state index is -0.611. The van der Waals surface area contributed by atoms with Crippen molar-refractivity contribution in [3.05, 3.63) is 11.6 Å². The molecule has 4 aliphatic rings. The van der Waals surface area contributed by atoms with Gasteiger partial charge in [-0.25, -0.2) is 0 Å². The molecule has 31 heavy (non-hydrogen) atoms. The van der Waals surface area contributed by atoms with Crippen molar-refractivity contribution in [3.8, 4) is 0 Å². The van der Waals surface area contributed by atoms with Crippen LogP contribution in [0, 0.1) is 46.3 Å². The van der Waals surface area contributed by atoms with Crippen LogP contribution in [0.15, 0.2) is 11.6 Å². The lowest BCUT2D eigenvalue weighted by Crippen LogP contribution is -2.55. The first kappa shape index (κ1) is 23.3. The quantitative estimate of drug-likeness (QED) is 0.438. The smallest absolute Gasteiger partial charge is 0.314 e. The van der Waals surface area contributed by atoms with Gasteiger partial charge in [0.1, 0.15) is 0 Å². The van der Waals surface area contributed by atoms with E-state index in [1.165, 1.54) is 44.1 Å². The van der Waals surface area contributed by atoms with Gasteiger partial charge in [0.25, 0.3) is 0 Å². The Hall–Kier alpha value is -0.830. The van der Waals surface area contributed by atoms with E-state index < -0.39 is 11.4 Å². The second-order valence-corrected chi connectivity index (χ2v) is 12.2. The Bertz CT molecular complexity index is 696. The van der Waals surface area contributed by atoms with Crippen molar-refractivity contribution in [3.63, 3.8) is 0 Å². The zero-order valence-electron chi connectivity index (χ0n) is 20.7. The van der Waals surface area contributed by atoms with Gasteiger partial charge in [-0.15, -0.1) is 0 Å². The van der Waals surface area contributed by atoms with Crippen molar-refractivity contribution in [1.29, 1.82) is 0 Å². The van der Waals surface area contributed by atoms with Gasteiger partial charge in [-0.3, -0.25) is 4.79 Å². The molecule has 0 radical (unpaired) electrons. The van der Waals surface area contributed by atoms with Crippen LogP contribution in [-0.2, 0) is 9.53 Å². The van der Waals surface area contributed by atoms with Gasteiger partial charge in [0.15, 0.2) is 0 Å². The largest absolute Gasteiger partial charge is 0.481 e. The number of carboxylic acids is 1. The molecule has 0 aliphatic heterocycles. The van der Waals surface area contributed by atoms with Crippen LogP contribution in [0.3, 0.4) is 0 Å². The number of aliphatic carboxylic acids is 1. The van der Waals surface area contributed by atoms with Crippen LogP contribution in [0.5, 0.6) is 0 Å². The van der Waals surface area contributed by atoms with Crippen molar-refractivity contribution in [1.82, 2.24) is 0 Å². The molecule has 0 bridgehead atoms. The monoisotopic (exact) mass is 430 g/mol. The van der Waals surface area contributed by atoms with Crippen molar-refractivity contribution in [2.75, 3.05) is 7.11 Å². The van der Waals surface area contributed by atoms with E-state index in [4.69, 9.17) is 4.74 Å². The summed E-state index contributed by atoms with van der Waals surface area (Å²) < 4.78 is 5.64. The maximum absolute atomic E-state index is 12.8. The van der Waals surface area contributed by atoms with E-state index >= 15 is 0 Å². The van der Waals surface area contributed by atoms with E-state index in [1.807, 2.05) is 0 Å². The fourth-order valence-electron chi connectivity index (χ4n) is 8.90. The van der Waals surface area contributed by atoms with Gasteiger partial charge in [-0.05, 0) is 92.3 Å². The molecule has 0 spiro atoms. The van der Waals surface area contributed by atoms with Crippen LogP contribution >= 0.6 is 0 Å². The van der Waals surface area contributed by atoms with Crippen LogP contribution in [0.1, 0.15) is 98.3 Å². The normalized spacial score (nSPS) is 43.0. The third kappa shape index (κ3) is 3.81. The first-order valence-corrected chi connectivity index (χ1v) is 13.2. The minimum absolute atomic E-state index is 0.201. The predicted octanol–water partition coefficient (Wildman–Crippen LogP) is 7.11. The first-order chi connectivity index (χ1) is 14.7. The number of carbonyl (C=O) groups is 1. The van der Waals surface area contributed by atoms with Gasteiger partial charge in [0.2, 0.25) is 0 Å². The topological polar surface area (TPSA) is 46.5 Å². The first-order valence-electron chi connectivity index (χ1n) is 13.2. The fraction of sp³-hybridized carbons (Fsp3) is 0.893. The Morgan fingerprint density at radius 3 is 2.58 bits per heavy atom. The molecule has 0 saturated heterocycles. The average molecular weight is 431 g/mol. The number of rotatable bonds is 7. The highest BCUT2D eigenvalue weighted by Crippen LogP contribution is 2.67. The molecule has 0 aromatic heterocycles. The molecule has 3 saturated carbocycles. The number of hydrogen-bond donors (Lipinski definition) is 1. The van der Waals surface area contributed by atoms with Crippen LogP contribution in [0.25, 0.3) is 0 Å². The molecule has 4 rings (SSSR count). The molecule has 0 heterocycles. The summed E-state index contributed by atoms with van der Waals surface area (Å²) in [5, 5.41) is 10.5. The molecule has 3 fully saturated rings. The van der Waals surface area contributed by atoms with E-state index in [2.05, 4.69) is 33.8 Å². The number of hydrogen-bond acceptors (Lipinski definition) is 2. The van der Waals surface area contributed by atoms with E-state index in [0.29, 0.717) is 23.2 Å². The molecule has 0 amide bonds. The Kier molecular flexibility index (Phi) is 6.65. The van der Waals surface area contributed by atoms with E-state index in [0.717, 1.165) is 49.9 Å². The van der Waals surface area contributed by atoms with E-state index in [-0.39, 0.29) is 6.10 Å². The van der Waals surface area contributed by atoms with Crippen molar-refractivity contribution in [2.45, 2.75) is 104 Å². The molecule has 8 atom stereocenters. The lowest BCUT2D eigenvalue weighted by molar-refractivity contribution is -0.160. The summed E-state index contributed by atoms with van der Waals surface area (Å²) in [6.45, 7) is 9.76. The minimum Gasteiger partial charge on any atom is -0.481 e. The fourth-order valence-corrected chi connectivity index (χ4v) is 8.90. The molecular weight excluding hydrogens is 384 g/mol. The molecule has 1 N–H and O–H groups in total. The molecule has 176 valence electrons. The van der Waals surface area contributed by atoms with Crippen molar-refractivity contribution >= 4 is 5.97 Å². The molecule has 3 heteroatoms. The molecule has 3 nitrogen and oxygen atoms in total. The number of carboxylic acid groups (broad SMARTS) is 1. The zero-order valence-corrected chi connectivity index (χ0v) is 20.7. The van der Waals surface area contributed by atoms with Crippen LogP contribution < -0.4 is 0 Å². The second kappa shape index (κ2) is 8.84. The summed E-state index contributed by atoms with van der Waals surface area (Å²) in [5.41, 5.74) is 0.993. The molecular formula is C28H46O3. The van der Waals surface area contributed by atoms with Gasteiger partial charge in [-0.1, -0.05) is 58.6 Å². The molecule has 1 unspecified atom stereocenters. The summed E-state index contributed by atoms with van der Waals surface area (Å²) in [6, 6.07) is 0. The number of methoxy groups -OCH3 is 1. The third-order valence-corrected chi connectivity index (χ3v) is 10.5. The molecule has 0 aromatic carbocycles. The van der Waals surface area contributed by atoms with Crippen LogP contribution in [-0.4, -0.2) is 24.3 Å². The average Bonchev–Trinajstić information content (AvgIpc) is 3.09. The van der Waals surface area contributed by atoms with Gasteiger partial charge >= 0.3 is 5.97 Å². The summed E-state index contributed by atoms with van der Waals surface area (Å²) in [7, 11) is 1.78. The summed E-state index contributed by atoms with van der Waals surface area (Å²) >= 11 is 0. The van der Waals surface area contributed by atoms with Gasteiger partial charge in [0, 0.05) is 7.11 Å². The Morgan fingerprint density at radius 2 is 1.90 bits per heavy atom. The van der Waals surface area contributed by atoms with Gasteiger partial charge in [0.05, 0.1) is 11.5 Å².